The maximum Gasteiger partial charge on any atom is 0.123 e. The van der Waals surface area contributed by atoms with E-state index in [9.17, 15) is 4.39 Å². The lowest BCUT2D eigenvalue weighted by molar-refractivity contribution is 0.212. The van der Waals surface area contributed by atoms with E-state index in [1.807, 2.05) is 30.5 Å². The van der Waals surface area contributed by atoms with Gasteiger partial charge >= 0.3 is 0 Å². The third-order valence-corrected chi connectivity index (χ3v) is 4.62. The van der Waals surface area contributed by atoms with Crippen LogP contribution in [0.5, 0.6) is 0 Å². The van der Waals surface area contributed by atoms with Crippen LogP contribution in [0.1, 0.15) is 30.3 Å². The molecule has 0 radical (unpaired) electrons. The lowest BCUT2D eigenvalue weighted by Gasteiger charge is -2.29. The van der Waals surface area contributed by atoms with Gasteiger partial charge in [-0.25, -0.2) is 9.82 Å². The minimum Gasteiger partial charge on any atom is -0.298 e. The summed E-state index contributed by atoms with van der Waals surface area (Å²) in [7, 11) is 2.12. The van der Waals surface area contributed by atoms with Gasteiger partial charge < -0.3 is 0 Å². The van der Waals surface area contributed by atoms with Crippen LogP contribution in [0.2, 0.25) is 0 Å². The maximum absolute atomic E-state index is 13.1. The van der Waals surface area contributed by atoms with Gasteiger partial charge in [0.15, 0.2) is 0 Å². The van der Waals surface area contributed by atoms with E-state index in [0.717, 1.165) is 24.3 Å². The molecule has 2 N–H and O–H groups in total. The number of nitrogens with one attached hydrogen (secondary N) is 2. The Bertz CT molecular complexity index is 617. The molecule has 1 aromatic carbocycles. The second-order valence-electron chi connectivity index (χ2n) is 6.18. The van der Waals surface area contributed by atoms with Gasteiger partial charge in [-0.2, -0.15) is 0 Å². The molecule has 2 aromatic rings. The lowest BCUT2D eigenvalue weighted by atomic mass is 9.94. The van der Waals surface area contributed by atoms with Gasteiger partial charge in [0.2, 0.25) is 0 Å². The fourth-order valence-electron chi connectivity index (χ4n) is 3.11. The number of pyridine rings is 1. The Kier molecular flexibility index (Phi) is 5.00. The van der Waals surface area contributed by atoms with Crippen LogP contribution < -0.4 is 10.9 Å². The van der Waals surface area contributed by atoms with Gasteiger partial charge in [-0.15, -0.1) is 0 Å². The zero-order chi connectivity index (χ0) is 16.2. The molecule has 1 fully saturated rings. The van der Waals surface area contributed by atoms with Gasteiger partial charge in [-0.1, -0.05) is 18.2 Å². The van der Waals surface area contributed by atoms with E-state index >= 15 is 0 Å². The third kappa shape index (κ3) is 3.75. The Labute approximate surface area is 136 Å². The SMILES string of the molecule is CC(c1ccccn1)N(C)CC1CNNC1c1ccc(F)cc1. The summed E-state index contributed by atoms with van der Waals surface area (Å²) in [4.78, 5) is 6.76. The summed E-state index contributed by atoms with van der Waals surface area (Å²) >= 11 is 0. The molecule has 1 aliphatic heterocycles. The van der Waals surface area contributed by atoms with Crippen molar-refractivity contribution in [3.63, 3.8) is 0 Å². The largest absolute Gasteiger partial charge is 0.298 e. The fourth-order valence-corrected chi connectivity index (χ4v) is 3.11. The monoisotopic (exact) mass is 314 g/mol. The van der Waals surface area contributed by atoms with Crippen molar-refractivity contribution >= 4 is 0 Å². The van der Waals surface area contributed by atoms with Crippen LogP contribution in [0.15, 0.2) is 48.7 Å². The van der Waals surface area contributed by atoms with Crippen molar-refractivity contribution in [2.24, 2.45) is 5.92 Å². The molecule has 1 aliphatic rings. The Morgan fingerprint density at radius 3 is 2.74 bits per heavy atom. The normalized spacial score (nSPS) is 22.4. The second kappa shape index (κ2) is 7.17. The Balaban J connectivity index is 1.67. The van der Waals surface area contributed by atoms with Crippen molar-refractivity contribution in [1.82, 2.24) is 20.7 Å². The van der Waals surface area contributed by atoms with Gasteiger partial charge in [0.25, 0.3) is 0 Å². The first kappa shape index (κ1) is 16.1. The molecule has 122 valence electrons. The topological polar surface area (TPSA) is 40.2 Å². The van der Waals surface area contributed by atoms with Gasteiger partial charge in [0.05, 0.1) is 11.7 Å². The zero-order valence-corrected chi connectivity index (χ0v) is 13.5. The average Bonchev–Trinajstić information content (AvgIpc) is 3.03. The number of rotatable bonds is 5. The van der Waals surface area contributed by atoms with E-state index in [1.54, 1.807) is 0 Å². The summed E-state index contributed by atoms with van der Waals surface area (Å²) in [5.41, 5.74) is 8.73. The number of nitrogens with zero attached hydrogens (tertiary/aromatic N) is 2. The Hall–Kier alpha value is -1.82. The molecule has 3 rings (SSSR count). The standard InChI is InChI=1S/C18H23FN4/c1-13(17-5-3-4-10-20-17)23(2)12-15-11-21-22-18(15)14-6-8-16(19)9-7-14/h3-10,13,15,18,21-22H,11-12H2,1-2H3. The van der Waals surface area contributed by atoms with Crippen LogP contribution in [-0.2, 0) is 0 Å². The number of aromatic nitrogens is 1. The predicted octanol–water partition coefficient (Wildman–Crippen LogP) is 2.68. The van der Waals surface area contributed by atoms with Crippen molar-refractivity contribution in [3.8, 4) is 0 Å². The molecule has 0 aliphatic carbocycles. The average molecular weight is 314 g/mol. The predicted molar refractivity (Wildman–Crippen MR) is 89.1 cm³/mol. The molecule has 4 nitrogen and oxygen atoms in total. The zero-order valence-electron chi connectivity index (χ0n) is 13.5. The number of halogens is 1. The van der Waals surface area contributed by atoms with Crippen molar-refractivity contribution in [1.29, 1.82) is 0 Å². The van der Waals surface area contributed by atoms with E-state index in [-0.39, 0.29) is 17.9 Å². The quantitative estimate of drug-likeness (QED) is 0.890. The molecule has 3 unspecified atom stereocenters. The smallest absolute Gasteiger partial charge is 0.123 e. The maximum atomic E-state index is 13.1. The Morgan fingerprint density at radius 2 is 2.04 bits per heavy atom. The summed E-state index contributed by atoms with van der Waals surface area (Å²) < 4.78 is 13.1. The summed E-state index contributed by atoms with van der Waals surface area (Å²) in [5, 5.41) is 0. The van der Waals surface area contributed by atoms with E-state index in [2.05, 4.69) is 40.8 Å². The first-order chi connectivity index (χ1) is 11.1. The molecule has 1 saturated heterocycles. The highest BCUT2D eigenvalue weighted by molar-refractivity contribution is 5.21. The van der Waals surface area contributed by atoms with E-state index in [1.165, 1.54) is 12.1 Å². The van der Waals surface area contributed by atoms with Crippen LogP contribution >= 0.6 is 0 Å². The molecule has 0 amide bonds. The summed E-state index contributed by atoms with van der Waals surface area (Å²) in [5.74, 6) is 0.216. The highest BCUT2D eigenvalue weighted by Crippen LogP contribution is 2.27. The highest BCUT2D eigenvalue weighted by Gasteiger charge is 2.30. The van der Waals surface area contributed by atoms with Gasteiger partial charge in [-0.05, 0) is 43.8 Å². The van der Waals surface area contributed by atoms with Crippen LogP contribution in [0, 0.1) is 11.7 Å². The molecule has 0 saturated carbocycles. The molecule has 1 aromatic heterocycles. The fraction of sp³-hybridized carbons (Fsp3) is 0.389. The summed E-state index contributed by atoms with van der Waals surface area (Å²) in [6.45, 7) is 3.99. The molecule has 5 heteroatoms. The summed E-state index contributed by atoms with van der Waals surface area (Å²) in [6.07, 6.45) is 1.83. The molecule has 0 spiro atoms. The van der Waals surface area contributed by atoms with Crippen molar-refractivity contribution < 1.29 is 4.39 Å². The number of hydrogen-bond acceptors (Lipinski definition) is 4. The van der Waals surface area contributed by atoms with Crippen LogP contribution in [0.25, 0.3) is 0 Å². The first-order valence-corrected chi connectivity index (χ1v) is 8.00. The molecule has 23 heavy (non-hydrogen) atoms. The van der Waals surface area contributed by atoms with Crippen molar-refractivity contribution in [3.05, 3.63) is 65.7 Å². The minimum absolute atomic E-state index is 0.189. The van der Waals surface area contributed by atoms with E-state index in [0.29, 0.717) is 5.92 Å². The van der Waals surface area contributed by atoms with Crippen LogP contribution in [0.3, 0.4) is 0 Å². The van der Waals surface area contributed by atoms with Crippen LogP contribution in [-0.4, -0.2) is 30.0 Å². The number of hydrazine groups is 1. The van der Waals surface area contributed by atoms with Crippen molar-refractivity contribution in [2.45, 2.75) is 19.0 Å². The molecular weight excluding hydrogens is 291 g/mol. The van der Waals surface area contributed by atoms with Gasteiger partial charge in [0, 0.05) is 31.2 Å². The molecular formula is C18H23FN4. The molecule has 2 heterocycles. The van der Waals surface area contributed by atoms with Gasteiger partial charge in [-0.3, -0.25) is 15.3 Å². The van der Waals surface area contributed by atoms with Gasteiger partial charge in [0.1, 0.15) is 5.82 Å². The molecule has 3 atom stereocenters. The number of hydrogen-bond donors (Lipinski definition) is 2. The molecule has 0 bridgehead atoms. The minimum atomic E-state index is -0.197. The lowest BCUT2D eigenvalue weighted by Crippen LogP contribution is -2.32. The summed E-state index contributed by atoms with van der Waals surface area (Å²) in [6, 6.07) is 13.2. The Morgan fingerprint density at radius 1 is 1.26 bits per heavy atom. The highest BCUT2D eigenvalue weighted by atomic mass is 19.1. The van der Waals surface area contributed by atoms with Crippen molar-refractivity contribution in [2.75, 3.05) is 20.1 Å². The second-order valence-corrected chi connectivity index (χ2v) is 6.18. The van der Waals surface area contributed by atoms with E-state index < -0.39 is 0 Å². The van der Waals surface area contributed by atoms with Crippen LogP contribution in [0.4, 0.5) is 4.39 Å². The third-order valence-electron chi connectivity index (χ3n) is 4.62. The number of benzene rings is 1. The first-order valence-electron chi connectivity index (χ1n) is 8.00. The van der Waals surface area contributed by atoms with E-state index in [4.69, 9.17) is 0 Å².